The highest BCUT2D eigenvalue weighted by molar-refractivity contribution is 5.34. The van der Waals surface area contributed by atoms with Crippen LogP contribution in [0.4, 0.5) is 0 Å². The van der Waals surface area contributed by atoms with Gasteiger partial charge in [0.25, 0.3) is 0 Å². The Balaban J connectivity index is 2.94. The third-order valence-electron chi connectivity index (χ3n) is 3.12. The lowest BCUT2D eigenvalue weighted by Gasteiger charge is -2.31. The van der Waals surface area contributed by atoms with Crippen molar-refractivity contribution in [2.24, 2.45) is 11.7 Å². The van der Waals surface area contributed by atoms with E-state index < -0.39 is 5.60 Å². The standard InChI is InChI=1S/C13H21NO2/c1-10(2)13(15,9-14)8-11-6-4-5-7-12(11)16-3/h4-7,10,15H,8-9,14H2,1-3H3. The van der Waals surface area contributed by atoms with Gasteiger partial charge in [-0.3, -0.25) is 0 Å². The van der Waals surface area contributed by atoms with Gasteiger partial charge in [0.15, 0.2) is 0 Å². The molecule has 1 rings (SSSR count). The zero-order valence-electron chi connectivity index (χ0n) is 10.2. The fourth-order valence-electron chi connectivity index (χ4n) is 1.69. The quantitative estimate of drug-likeness (QED) is 0.797. The van der Waals surface area contributed by atoms with Gasteiger partial charge < -0.3 is 15.6 Å². The van der Waals surface area contributed by atoms with Crippen LogP contribution in [0.2, 0.25) is 0 Å². The third kappa shape index (κ3) is 2.74. The highest BCUT2D eigenvalue weighted by atomic mass is 16.5. The molecule has 3 heteroatoms. The van der Waals surface area contributed by atoms with Crippen LogP contribution in [-0.2, 0) is 6.42 Å². The van der Waals surface area contributed by atoms with Crippen molar-refractivity contribution in [2.45, 2.75) is 25.9 Å². The molecule has 1 unspecified atom stereocenters. The van der Waals surface area contributed by atoms with Crippen molar-refractivity contribution in [1.29, 1.82) is 0 Å². The second-order valence-electron chi connectivity index (χ2n) is 4.45. The summed E-state index contributed by atoms with van der Waals surface area (Å²) in [7, 11) is 1.63. The molecular weight excluding hydrogens is 202 g/mol. The van der Waals surface area contributed by atoms with Crippen molar-refractivity contribution in [3.05, 3.63) is 29.8 Å². The largest absolute Gasteiger partial charge is 0.496 e. The molecule has 0 spiro atoms. The molecule has 1 atom stereocenters. The molecule has 3 nitrogen and oxygen atoms in total. The number of methoxy groups -OCH3 is 1. The lowest BCUT2D eigenvalue weighted by Crippen LogP contribution is -2.44. The molecule has 0 aliphatic heterocycles. The van der Waals surface area contributed by atoms with E-state index in [0.717, 1.165) is 11.3 Å². The summed E-state index contributed by atoms with van der Waals surface area (Å²) in [5.74, 6) is 0.914. The maximum Gasteiger partial charge on any atom is 0.122 e. The molecule has 90 valence electrons. The molecule has 0 amide bonds. The van der Waals surface area contributed by atoms with Crippen LogP contribution in [0.3, 0.4) is 0 Å². The molecule has 0 bridgehead atoms. The Kier molecular flexibility index (Phi) is 4.33. The number of hydrogen-bond acceptors (Lipinski definition) is 3. The van der Waals surface area contributed by atoms with Crippen LogP contribution in [0.15, 0.2) is 24.3 Å². The van der Waals surface area contributed by atoms with E-state index in [4.69, 9.17) is 10.5 Å². The SMILES string of the molecule is COc1ccccc1CC(O)(CN)C(C)C. The minimum Gasteiger partial charge on any atom is -0.496 e. The molecule has 0 aromatic heterocycles. The van der Waals surface area contributed by atoms with Crippen molar-refractivity contribution < 1.29 is 9.84 Å². The van der Waals surface area contributed by atoms with Crippen LogP contribution in [0.5, 0.6) is 5.75 Å². The Labute approximate surface area is 97.2 Å². The van der Waals surface area contributed by atoms with E-state index in [-0.39, 0.29) is 12.5 Å². The molecule has 3 N–H and O–H groups in total. The topological polar surface area (TPSA) is 55.5 Å². The Bertz CT molecular complexity index is 338. The van der Waals surface area contributed by atoms with Crippen LogP contribution >= 0.6 is 0 Å². The molecule has 0 saturated heterocycles. The van der Waals surface area contributed by atoms with E-state index in [2.05, 4.69) is 0 Å². The summed E-state index contributed by atoms with van der Waals surface area (Å²) < 4.78 is 5.26. The van der Waals surface area contributed by atoms with Crippen LogP contribution in [0.1, 0.15) is 19.4 Å². The number of ether oxygens (including phenoxy) is 1. The van der Waals surface area contributed by atoms with Crippen LogP contribution < -0.4 is 10.5 Å². The van der Waals surface area contributed by atoms with Gasteiger partial charge in [0.05, 0.1) is 12.7 Å². The van der Waals surface area contributed by atoms with E-state index in [1.165, 1.54) is 0 Å². The molecule has 1 aromatic rings. The van der Waals surface area contributed by atoms with Gasteiger partial charge in [-0.1, -0.05) is 32.0 Å². The summed E-state index contributed by atoms with van der Waals surface area (Å²) in [6.07, 6.45) is 0.519. The molecular formula is C13H21NO2. The van der Waals surface area contributed by atoms with E-state index in [1.807, 2.05) is 38.1 Å². The van der Waals surface area contributed by atoms with Crippen molar-refractivity contribution in [1.82, 2.24) is 0 Å². The summed E-state index contributed by atoms with van der Waals surface area (Å²) in [6, 6.07) is 7.71. The number of benzene rings is 1. The third-order valence-corrected chi connectivity index (χ3v) is 3.12. The minimum absolute atomic E-state index is 0.113. The predicted molar refractivity (Wildman–Crippen MR) is 65.5 cm³/mol. The smallest absolute Gasteiger partial charge is 0.122 e. The van der Waals surface area contributed by atoms with Gasteiger partial charge in [-0.2, -0.15) is 0 Å². The monoisotopic (exact) mass is 223 g/mol. The van der Waals surface area contributed by atoms with E-state index >= 15 is 0 Å². The van der Waals surface area contributed by atoms with Gasteiger partial charge in [-0.25, -0.2) is 0 Å². The van der Waals surface area contributed by atoms with Crippen molar-refractivity contribution >= 4 is 0 Å². The van der Waals surface area contributed by atoms with Crippen LogP contribution in [0.25, 0.3) is 0 Å². The fraction of sp³-hybridized carbons (Fsp3) is 0.538. The second kappa shape index (κ2) is 5.32. The Morgan fingerprint density at radius 1 is 1.38 bits per heavy atom. The number of aliphatic hydroxyl groups is 1. The number of rotatable bonds is 5. The van der Waals surface area contributed by atoms with E-state index in [1.54, 1.807) is 7.11 Å². The van der Waals surface area contributed by atoms with Gasteiger partial charge >= 0.3 is 0 Å². The fourth-order valence-corrected chi connectivity index (χ4v) is 1.69. The summed E-state index contributed by atoms with van der Waals surface area (Å²) in [4.78, 5) is 0. The molecule has 1 aromatic carbocycles. The van der Waals surface area contributed by atoms with Crippen molar-refractivity contribution in [3.8, 4) is 5.75 Å². The molecule has 0 saturated carbocycles. The van der Waals surface area contributed by atoms with E-state index in [0.29, 0.717) is 6.42 Å². The first kappa shape index (κ1) is 13.0. The van der Waals surface area contributed by atoms with Crippen molar-refractivity contribution in [2.75, 3.05) is 13.7 Å². The highest BCUT2D eigenvalue weighted by Crippen LogP contribution is 2.26. The first-order chi connectivity index (χ1) is 7.53. The maximum atomic E-state index is 10.4. The molecule has 16 heavy (non-hydrogen) atoms. The Hall–Kier alpha value is -1.06. The Morgan fingerprint density at radius 3 is 2.50 bits per heavy atom. The number of hydrogen-bond donors (Lipinski definition) is 2. The summed E-state index contributed by atoms with van der Waals surface area (Å²) in [5, 5.41) is 10.4. The minimum atomic E-state index is -0.866. The summed E-state index contributed by atoms with van der Waals surface area (Å²) in [5.41, 5.74) is 5.78. The average molecular weight is 223 g/mol. The van der Waals surface area contributed by atoms with Gasteiger partial charge in [-0.05, 0) is 17.5 Å². The van der Waals surface area contributed by atoms with E-state index in [9.17, 15) is 5.11 Å². The van der Waals surface area contributed by atoms with Gasteiger partial charge in [0.2, 0.25) is 0 Å². The zero-order chi connectivity index (χ0) is 12.2. The van der Waals surface area contributed by atoms with Crippen LogP contribution in [-0.4, -0.2) is 24.4 Å². The molecule has 0 aliphatic carbocycles. The first-order valence-electron chi connectivity index (χ1n) is 5.58. The van der Waals surface area contributed by atoms with Gasteiger partial charge in [-0.15, -0.1) is 0 Å². The molecule has 0 heterocycles. The summed E-state index contributed by atoms with van der Waals surface area (Å²) >= 11 is 0. The Morgan fingerprint density at radius 2 is 2.00 bits per heavy atom. The number of nitrogens with two attached hydrogens (primary N) is 1. The van der Waals surface area contributed by atoms with Gasteiger partial charge in [0.1, 0.15) is 5.75 Å². The number of para-hydroxylation sites is 1. The van der Waals surface area contributed by atoms with Crippen LogP contribution in [0, 0.1) is 5.92 Å². The normalized spacial score (nSPS) is 14.9. The zero-order valence-corrected chi connectivity index (χ0v) is 10.2. The second-order valence-corrected chi connectivity index (χ2v) is 4.45. The van der Waals surface area contributed by atoms with Crippen molar-refractivity contribution in [3.63, 3.8) is 0 Å². The predicted octanol–water partition coefficient (Wildman–Crippen LogP) is 1.58. The lowest BCUT2D eigenvalue weighted by molar-refractivity contribution is 0.00363. The summed E-state index contributed by atoms with van der Waals surface area (Å²) in [6.45, 7) is 4.20. The molecule has 0 aliphatic rings. The highest BCUT2D eigenvalue weighted by Gasteiger charge is 2.30. The average Bonchev–Trinajstić information content (AvgIpc) is 2.29. The lowest BCUT2D eigenvalue weighted by atomic mass is 9.84. The molecule has 0 fully saturated rings. The van der Waals surface area contributed by atoms with Gasteiger partial charge in [0, 0.05) is 13.0 Å². The molecule has 0 radical (unpaired) electrons. The maximum absolute atomic E-state index is 10.4. The first-order valence-corrected chi connectivity index (χ1v) is 5.58.